The average Bonchev–Trinajstić information content (AvgIpc) is 3.08. The van der Waals surface area contributed by atoms with E-state index in [4.69, 9.17) is 9.47 Å². The molecule has 1 N–H and O–H groups in total. The first kappa shape index (κ1) is 18.8. The second-order valence-electron chi connectivity index (χ2n) is 6.80. The Hall–Kier alpha value is -2.95. The Bertz CT molecular complexity index is 930. The van der Waals surface area contributed by atoms with E-state index in [9.17, 15) is 4.79 Å². The number of ether oxygens (including phenoxy) is 2. The smallest absolute Gasteiger partial charge is 0.227 e. The summed E-state index contributed by atoms with van der Waals surface area (Å²) in [6.45, 7) is 4.53. The maximum absolute atomic E-state index is 13.1. The molecule has 27 heavy (non-hydrogen) atoms. The maximum atomic E-state index is 13.1. The van der Waals surface area contributed by atoms with Crippen molar-refractivity contribution in [2.24, 2.45) is 0 Å². The summed E-state index contributed by atoms with van der Waals surface area (Å²) in [7, 11) is 3.23. The fraction of sp³-hybridized carbons (Fsp3) is 0.318. The van der Waals surface area contributed by atoms with E-state index in [2.05, 4.69) is 4.98 Å². The van der Waals surface area contributed by atoms with Gasteiger partial charge < -0.3 is 19.4 Å². The van der Waals surface area contributed by atoms with Crippen molar-refractivity contribution in [2.45, 2.75) is 32.9 Å². The summed E-state index contributed by atoms with van der Waals surface area (Å²) in [5.74, 6) is 1.42. The molecule has 0 aliphatic heterocycles. The van der Waals surface area contributed by atoms with Gasteiger partial charge in [-0.15, -0.1) is 0 Å². The van der Waals surface area contributed by atoms with Crippen LogP contribution >= 0.6 is 0 Å². The van der Waals surface area contributed by atoms with Crippen LogP contribution in [0.25, 0.3) is 10.9 Å². The molecule has 3 rings (SSSR count). The van der Waals surface area contributed by atoms with Crippen LogP contribution in [0, 0.1) is 0 Å². The third kappa shape index (κ3) is 3.92. The fourth-order valence-corrected chi connectivity index (χ4v) is 3.36. The highest BCUT2D eigenvalue weighted by Crippen LogP contribution is 2.32. The first-order valence-corrected chi connectivity index (χ1v) is 9.09. The Kier molecular flexibility index (Phi) is 5.69. The van der Waals surface area contributed by atoms with Crippen LogP contribution in [-0.4, -0.2) is 36.1 Å². The van der Waals surface area contributed by atoms with Gasteiger partial charge in [0.05, 0.1) is 20.6 Å². The standard InChI is InChI=1S/C22H26N2O3/c1-15(2)24(14-16-8-7-11-20(26-3)22(16)27-4)21(25)12-17-13-23-19-10-6-5-9-18(17)19/h5-11,13,15,23H,12,14H2,1-4H3. The number of methoxy groups -OCH3 is 2. The summed E-state index contributed by atoms with van der Waals surface area (Å²) >= 11 is 0. The molecule has 0 atom stereocenters. The van der Waals surface area contributed by atoms with Crippen molar-refractivity contribution >= 4 is 16.8 Å². The fourth-order valence-electron chi connectivity index (χ4n) is 3.36. The van der Waals surface area contributed by atoms with Crippen molar-refractivity contribution in [1.29, 1.82) is 0 Å². The molecule has 5 nitrogen and oxygen atoms in total. The van der Waals surface area contributed by atoms with Crippen LogP contribution in [0.15, 0.2) is 48.7 Å². The van der Waals surface area contributed by atoms with E-state index in [-0.39, 0.29) is 11.9 Å². The number of hydrogen-bond acceptors (Lipinski definition) is 3. The molecule has 142 valence electrons. The number of para-hydroxylation sites is 2. The Labute approximate surface area is 159 Å². The van der Waals surface area contributed by atoms with Crippen molar-refractivity contribution in [2.75, 3.05) is 14.2 Å². The Balaban J connectivity index is 1.85. The van der Waals surface area contributed by atoms with Gasteiger partial charge in [-0.3, -0.25) is 4.79 Å². The van der Waals surface area contributed by atoms with Crippen molar-refractivity contribution in [1.82, 2.24) is 9.88 Å². The van der Waals surface area contributed by atoms with E-state index >= 15 is 0 Å². The molecule has 3 aromatic rings. The highest BCUT2D eigenvalue weighted by Gasteiger charge is 2.21. The number of carbonyl (C=O) groups is 1. The van der Waals surface area contributed by atoms with E-state index in [0.29, 0.717) is 24.5 Å². The van der Waals surface area contributed by atoms with Crippen molar-refractivity contribution in [3.63, 3.8) is 0 Å². The average molecular weight is 366 g/mol. The molecule has 0 saturated heterocycles. The lowest BCUT2D eigenvalue weighted by Crippen LogP contribution is -2.37. The van der Waals surface area contributed by atoms with Gasteiger partial charge in [0.15, 0.2) is 11.5 Å². The molecule has 2 aromatic carbocycles. The van der Waals surface area contributed by atoms with Crippen LogP contribution in [0.3, 0.4) is 0 Å². The highest BCUT2D eigenvalue weighted by atomic mass is 16.5. The molecule has 1 amide bonds. The Morgan fingerprint density at radius 2 is 1.81 bits per heavy atom. The Morgan fingerprint density at radius 3 is 2.52 bits per heavy atom. The minimum absolute atomic E-state index is 0.0682. The summed E-state index contributed by atoms with van der Waals surface area (Å²) in [6, 6.07) is 13.8. The number of fused-ring (bicyclic) bond motifs is 1. The molecule has 0 unspecified atom stereocenters. The molecule has 0 aliphatic rings. The summed E-state index contributed by atoms with van der Waals surface area (Å²) < 4.78 is 10.9. The zero-order valence-electron chi connectivity index (χ0n) is 16.3. The van der Waals surface area contributed by atoms with Crippen LogP contribution in [0.1, 0.15) is 25.0 Å². The summed E-state index contributed by atoms with van der Waals surface area (Å²) in [5.41, 5.74) is 2.99. The molecule has 0 spiro atoms. The lowest BCUT2D eigenvalue weighted by atomic mass is 10.1. The number of rotatable bonds is 7. The van der Waals surface area contributed by atoms with Crippen molar-refractivity contribution in [3.05, 3.63) is 59.8 Å². The lowest BCUT2D eigenvalue weighted by molar-refractivity contribution is -0.132. The van der Waals surface area contributed by atoms with Crippen molar-refractivity contribution < 1.29 is 14.3 Å². The molecule has 5 heteroatoms. The zero-order valence-corrected chi connectivity index (χ0v) is 16.3. The maximum Gasteiger partial charge on any atom is 0.227 e. The monoisotopic (exact) mass is 366 g/mol. The largest absolute Gasteiger partial charge is 0.493 e. The topological polar surface area (TPSA) is 54.6 Å². The van der Waals surface area contributed by atoms with Gasteiger partial charge in [-0.05, 0) is 31.5 Å². The van der Waals surface area contributed by atoms with Gasteiger partial charge in [-0.1, -0.05) is 30.3 Å². The minimum Gasteiger partial charge on any atom is -0.493 e. The predicted molar refractivity (Wildman–Crippen MR) is 107 cm³/mol. The van der Waals surface area contributed by atoms with E-state index in [1.54, 1.807) is 14.2 Å². The molecule has 0 aliphatic carbocycles. The number of amides is 1. The van der Waals surface area contributed by atoms with Crippen LogP contribution in [0.4, 0.5) is 0 Å². The Morgan fingerprint density at radius 1 is 1.04 bits per heavy atom. The summed E-state index contributed by atoms with van der Waals surface area (Å²) in [5, 5.41) is 1.09. The third-order valence-corrected chi connectivity index (χ3v) is 4.79. The van der Waals surface area contributed by atoms with Gasteiger partial charge in [-0.25, -0.2) is 0 Å². The van der Waals surface area contributed by atoms with Crippen LogP contribution in [0.2, 0.25) is 0 Å². The predicted octanol–water partition coefficient (Wildman–Crippen LogP) is 4.16. The van der Waals surface area contributed by atoms with E-state index in [0.717, 1.165) is 22.0 Å². The normalized spacial score (nSPS) is 11.0. The molecule has 1 aromatic heterocycles. The van der Waals surface area contributed by atoms with Crippen LogP contribution in [0.5, 0.6) is 11.5 Å². The summed E-state index contributed by atoms with van der Waals surface area (Å²) in [4.78, 5) is 18.2. The van der Waals surface area contributed by atoms with Gasteiger partial charge in [0.2, 0.25) is 5.91 Å². The zero-order chi connectivity index (χ0) is 19.4. The van der Waals surface area contributed by atoms with E-state index in [1.165, 1.54) is 0 Å². The lowest BCUT2D eigenvalue weighted by Gasteiger charge is -2.28. The first-order chi connectivity index (χ1) is 13.0. The second-order valence-corrected chi connectivity index (χ2v) is 6.80. The molecule has 1 heterocycles. The number of hydrogen-bond donors (Lipinski definition) is 1. The number of aromatic amines is 1. The van der Waals surface area contributed by atoms with E-state index < -0.39 is 0 Å². The number of nitrogens with zero attached hydrogens (tertiary/aromatic N) is 1. The first-order valence-electron chi connectivity index (χ1n) is 9.09. The quantitative estimate of drug-likeness (QED) is 0.683. The SMILES string of the molecule is COc1cccc(CN(C(=O)Cc2c[nH]c3ccccc23)C(C)C)c1OC. The highest BCUT2D eigenvalue weighted by molar-refractivity contribution is 5.89. The minimum atomic E-state index is 0.0682. The number of H-pyrrole nitrogens is 1. The van der Waals surface area contributed by atoms with Crippen LogP contribution < -0.4 is 9.47 Å². The number of carbonyl (C=O) groups excluding carboxylic acids is 1. The van der Waals surface area contributed by atoms with Gasteiger partial charge >= 0.3 is 0 Å². The molecular weight excluding hydrogens is 340 g/mol. The third-order valence-electron chi connectivity index (χ3n) is 4.79. The molecule has 0 radical (unpaired) electrons. The number of aromatic nitrogens is 1. The number of benzene rings is 2. The summed E-state index contributed by atoms with van der Waals surface area (Å²) in [6.07, 6.45) is 2.28. The molecule has 0 saturated carbocycles. The van der Waals surface area contributed by atoms with Gasteiger partial charge in [0, 0.05) is 35.2 Å². The molecule has 0 bridgehead atoms. The second kappa shape index (κ2) is 8.16. The molecule has 0 fully saturated rings. The van der Waals surface area contributed by atoms with Gasteiger partial charge in [-0.2, -0.15) is 0 Å². The van der Waals surface area contributed by atoms with Gasteiger partial charge in [0.1, 0.15) is 0 Å². The van der Waals surface area contributed by atoms with Gasteiger partial charge in [0.25, 0.3) is 0 Å². The van der Waals surface area contributed by atoms with E-state index in [1.807, 2.05) is 67.4 Å². The molecular formula is C22H26N2O3. The van der Waals surface area contributed by atoms with Crippen LogP contribution in [-0.2, 0) is 17.8 Å². The number of nitrogens with one attached hydrogen (secondary N) is 1. The van der Waals surface area contributed by atoms with Crippen molar-refractivity contribution in [3.8, 4) is 11.5 Å².